The van der Waals surface area contributed by atoms with Crippen LogP contribution in [0.2, 0.25) is 0 Å². The molecule has 0 radical (unpaired) electrons. The molecule has 0 bridgehead atoms. The summed E-state index contributed by atoms with van der Waals surface area (Å²) in [4.78, 5) is 14.6. The fourth-order valence-electron chi connectivity index (χ4n) is 3.68. The molecule has 0 spiro atoms. The Balaban J connectivity index is 1.71. The maximum absolute atomic E-state index is 12.7. The molecule has 0 saturated carbocycles. The summed E-state index contributed by atoms with van der Waals surface area (Å²) in [6.45, 7) is 2.86. The van der Waals surface area contributed by atoms with E-state index in [4.69, 9.17) is 12.2 Å². The second-order valence-corrected chi connectivity index (χ2v) is 7.61. The first-order chi connectivity index (χ1) is 14.1. The molecule has 3 aromatic rings. The van der Waals surface area contributed by atoms with E-state index >= 15 is 0 Å². The second kappa shape index (κ2) is 8.45. The molecule has 1 aliphatic rings. The number of amides is 1. The van der Waals surface area contributed by atoms with Crippen LogP contribution in [0.5, 0.6) is 0 Å². The topological polar surface area (TPSA) is 44.4 Å². The molecule has 0 aliphatic carbocycles. The Hall–Kier alpha value is -3.18. The van der Waals surface area contributed by atoms with Gasteiger partial charge in [0.15, 0.2) is 5.11 Å². The number of hydrogen-bond acceptors (Lipinski definition) is 2. The lowest BCUT2D eigenvalue weighted by molar-refractivity contribution is -0.116. The third kappa shape index (κ3) is 4.30. The van der Waals surface area contributed by atoms with Gasteiger partial charge in [-0.25, -0.2) is 0 Å². The average Bonchev–Trinajstić information content (AvgIpc) is 2.89. The van der Waals surface area contributed by atoms with Crippen LogP contribution >= 0.6 is 12.2 Å². The molecule has 0 aromatic heterocycles. The number of thiocarbonyl (C=S) groups is 1. The van der Waals surface area contributed by atoms with Gasteiger partial charge in [0.1, 0.15) is 6.54 Å². The third-order valence-corrected chi connectivity index (χ3v) is 5.44. The quantitative estimate of drug-likeness (QED) is 0.638. The number of anilines is 1. The van der Waals surface area contributed by atoms with Gasteiger partial charge in [0, 0.05) is 17.8 Å². The zero-order valence-electron chi connectivity index (χ0n) is 16.3. The smallest absolute Gasteiger partial charge is 0.244 e. The van der Waals surface area contributed by atoms with Crippen molar-refractivity contribution in [1.29, 1.82) is 0 Å². The molecule has 4 nitrogen and oxygen atoms in total. The molecule has 146 valence electrons. The number of aryl methyl sites for hydroxylation is 1. The fourth-order valence-corrected chi connectivity index (χ4v) is 3.93. The Kier molecular flexibility index (Phi) is 5.58. The van der Waals surface area contributed by atoms with Crippen molar-refractivity contribution in [3.05, 3.63) is 101 Å². The van der Waals surface area contributed by atoms with Crippen molar-refractivity contribution in [2.75, 3.05) is 11.9 Å². The predicted octanol–water partition coefficient (Wildman–Crippen LogP) is 4.41. The zero-order valence-corrected chi connectivity index (χ0v) is 17.1. The van der Waals surface area contributed by atoms with E-state index in [1.54, 1.807) is 0 Å². The molecular formula is C24H23N3OS. The Morgan fingerprint density at radius 1 is 1.07 bits per heavy atom. The van der Waals surface area contributed by atoms with Crippen molar-refractivity contribution in [1.82, 2.24) is 10.2 Å². The second-order valence-electron chi connectivity index (χ2n) is 7.22. The fraction of sp³-hybridized carbons (Fsp3) is 0.167. The van der Waals surface area contributed by atoms with Crippen LogP contribution in [-0.4, -0.2) is 22.5 Å². The maximum atomic E-state index is 12.7. The normalized spacial score (nSPS) is 15.8. The minimum Gasteiger partial charge on any atom is -0.358 e. The van der Waals surface area contributed by atoms with Crippen LogP contribution in [0.25, 0.3) is 0 Å². The average molecular weight is 402 g/mol. The van der Waals surface area contributed by atoms with Gasteiger partial charge in [-0.05, 0) is 36.3 Å². The molecule has 0 unspecified atom stereocenters. The lowest BCUT2D eigenvalue weighted by Crippen LogP contribution is -2.44. The lowest BCUT2D eigenvalue weighted by Gasteiger charge is -2.33. The van der Waals surface area contributed by atoms with Gasteiger partial charge in [-0.15, -0.1) is 0 Å². The SMILES string of the molecule is Cc1ccc2c(c1)[C@H](c1ccccc1)N(C(=S)NCc1ccccc1)CC(=O)N2. The van der Waals surface area contributed by atoms with Crippen LogP contribution in [0.15, 0.2) is 78.9 Å². The number of nitrogens with zero attached hydrogens (tertiary/aromatic N) is 1. The highest BCUT2D eigenvalue weighted by Gasteiger charge is 2.31. The lowest BCUT2D eigenvalue weighted by atomic mass is 9.95. The van der Waals surface area contributed by atoms with E-state index in [1.165, 1.54) is 0 Å². The highest BCUT2D eigenvalue weighted by atomic mass is 32.1. The molecule has 0 saturated heterocycles. The van der Waals surface area contributed by atoms with Crippen molar-refractivity contribution >= 4 is 28.9 Å². The van der Waals surface area contributed by atoms with Gasteiger partial charge in [0.25, 0.3) is 0 Å². The molecule has 2 N–H and O–H groups in total. The predicted molar refractivity (Wildman–Crippen MR) is 121 cm³/mol. The van der Waals surface area contributed by atoms with Gasteiger partial charge in [-0.3, -0.25) is 4.79 Å². The van der Waals surface area contributed by atoms with Gasteiger partial charge in [-0.1, -0.05) is 78.4 Å². The summed E-state index contributed by atoms with van der Waals surface area (Å²) in [6, 6.07) is 26.3. The Morgan fingerprint density at radius 2 is 1.76 bits per heavy atom. The number of nitrogens with one attached hydrogen (secondary N) is 2. The van der Waals surface area contributed by atoms with Gasteiger partial charge in [-0.2, -0.15) is 0 Å². The summed E-state index contributed by atoms with van der Waals surface area (Å²) in [6.07, 6.45) is 0. The molecule has 0 fully saturated rings. The van der Waals surface area contributed by atoms with E-state index in [0.29, 0.717) is 11.7 Å². The molecule has 29 heavy (non-hydrogen) atoms. The van der Waals surface area contributed by atoms with Crippen LogP contribution in [0, 0.1) is 6.92 Å². The Morgan fingerprint density at radius 3 is 2.48 bits per heavy atom. The first kappa shape index (κ1) is 19.2. The summed E-state index contributed by atoms with van der Waals surface area (Å²) >= 11 is 5.76. The number of carbonyl (C=O) groups is 1. The largest absolute Gasteiger partial charge is 0.358 e. The first-order valence-corrected chi connectivity index (χ1v) is 10.1. The van der Waals surface area contributed by atoms with Crippen molar-refractivity contribution in [2.45, 2.75) is 19.5 Å². The maximum Gasteiger partial charge on any atom is 0.244 e. The van der Waals surface area contributed by atoms with Crippen molar-refractivity contribution in [3.63, 3.8) is 0 Å². The van der Waals surface area contributed by atoms with Crippen LogP contribution < -0.4 is 10.6 Å². The van der Waals surface area contributed by atoms with Crippen molar-refractivity contribution in [3.8, 4) is 0 Å². The standard InChI is InChI=1S/C24H23N3OS/c1-17-12-13-21-20(14-17)23(19-10-6-3-7-11-19)27(16-22(28)26-21)24(29)25-15-18-8-4-2-5-9-18/h2-14,23H,15-16H2,1H3,(H,25,29)(H,26,28)/t23-/m0/s1. The monoisotopic (exact) mass is 401 g/mol. The highest BCUT2D eigenvalue weighted by molar-refractivity contribution is 7.80. The summed E-state index contributed by atoms with van der Waals surface area (Å²) in [5.41, 5.74) is 5.26. The van der Waals surface area contributed by atoms with Crippen LogP contribution in [0.3, 0.4) is 0 Å². The van der Waals surface area contributed by atoms with E-state index in [-0.39, 0.29) is 18.5 Å². The van der Waals surface area contributed by atoms with E-state index in [9.17, 15) is 4.79 Å². The Bertz CT molecular complexity index is 1020. The van der Waals surface area contributed by atoms with E-state index in [1.807, 2.05) is 53.4 Å². The van der Waals surface area contributed by atoms with Gasteiger partial charge >= 0.3 is 0 Å². The zero-order chi connectivity index (χ0) is 20.2. The van der Waals surface area contributed by atoms with Crippen LogP contribution in [0.4, 0.5) is 5.69 Å². The molecule has 3 aromatic carbocycles. The molecule has 1 atom stereocenters. The van der Waals surface area contributed by atoms with Crippen molar-refractivity contribution in [2.24, 2.45) is 0 Å². The minimum atomic E-state index is -0.152. The number of benzene rings is 3. The first-order valence-electron chi connectivity index (χ1n) is 9.65. The number of rotatable bonds is 3. The van der Waals surface area contributed by atoms with Crippen molar-refractivity contribution < 1.29 is 4.79 Å². The molecule has 5 heteroatoms. The highest BCUT2D eigenvalue weighted by Crippen LogP contribution is 2.36. The summed E-state index contributed by atoms with van der Waals surface area (Å²) in [5, 5.41) is 6.94. The van der Waals surface area contributed by atoms with Crippen LogP contribution in [0.1, 0.15) is 28.3 Å². The molecule has 1 heterocycles. The minimum absolute atomic E-state index is 0.0719. The van der Waals surface area contributed by atoms with E-state index < -0.39 is 0 Å². The summed E-state index contributed by atoms with van der Waals surface area (Å²) < 4.78 is 0. The summed E-state index contributed by atoms with van der Waals surface area (Å²) in [5.74, 6) is -0.0719. The van der Waals surface area contributed by atoms with E-state index in [2.05, 4.69) is 47.9 Å². The molecule has 4 rings (SSSR count). The number of hydrogen-bond donors (Lipinski definition) is 2. The molecular weight excluding hydrogens is 378 g/mol. The summed E-state index contributed by atoms with van der Waals surface area (Å²) in [7, 11) is 0. The Labute approximate surface area is 176 Å². The third-order valence-electron chi connectivity index (χ3n) is 5.06. The number of fused-ring (bicyclic) bond motifs is 1. The molecule has 1 amide bonds. The van der Waals surface area contributed by atoms with Crippen LogP contribution in [-0.2, 0) is 11.3 Å². The van der Waals surface area contributed by atoms with Gasteiger partial charge in [0.05, 0.1) is 6.04 Å². The number of carbonyl (C=O) groups excluding carboxylic acids is 1. The van der Waals surface area contributed by atoms with E-state index in [0.717, 1.165) is 27.9 Å². The molecule has 1 aliphatic heterocycles. The van der Waals surface area contributed by atoms with Gasteiger partial charge < -0.3 is 15.5 Å². The van der Waals surface area contributed by atoms with Gasteiger partial charge in [0.2, 0.25) is 5.91 Å².